The van der Waals surface area contributed by atoms with Crippen LogP contribution in [-0.2, 0) is 6.42 Å². The molecule has 0 bridgehead atoms. The first kappa shape index (κ1) is 15.9. The third kappa shape index (κ3) is 3.69. The zero-order valence-corrected chi connectivity index (χ0v) is 13.4. The molecule has 0 heterocycles. The molecule has 0 amide bonds. The fourth-order valence-electron chi connectivity index (χ4n) is 3.53. The van der Waals surface area contributed by atoms with Gasteiger partial charge >= 0.3 is 0 Å². The van der Waals surface area contributed by atoms with Crippen LogP contribution in [0.2, 0.25) is 0 Å². The number of hydrogen-bond donors (Lipinski definition) is 0. The first-order chi connectivity index (χ1) is 11.1. The summed E-state index contributed by atoms with van der Waals surface area (Å²) in [5, 5.41) is 0. The van der Waals surface area contributed by atoms with Gasteiger partial charge in [-0.15, -0.1) is 0 Å². The van der Waals surface area contributed by atoms with E-state index in [1.807, 2.05) is 49.4 Å². The Morgan fingerprint density at radius 3 is 2.35 bits per heavy atom. The molecule has 2 atom stereocenters. The summed E-state index contributed by atoms with van der Waals surface area (Å²) in [5.41, 5.74) is 3.85. The second-order valence-electron chi connectivity index (χ2n) is 6.49. The molecular weight excluding hydrogens is 290 g/mol. The molecule has 1 aliphatic carbocycles. The van der Waals surface area contributed by atoms with Gasteiger partial charge in [-0.3, -0.25) is 0 Å². The minimum atomic E-state index is -1.47. The first-order valence-electron chi connectivity index (χ1n) is 8.30. The van der Waals surface area contributed by atoms with E-state index >= 15 is 0 Å². The van der Waals surface area contributed by atoms with Crippen molar-refractivity contribution in [3.8, 4) is 0 Å². The Morgan fingerprint density at radius 1 is 1.00 bits per heavy atom. The van der Waals surface area contributed by atoms with Gasteiger partial charge in [0.05, 0.1) is 0 Å². The van der Waals surface area contributed by atoms with Crippen LogP contribution < -0.4 is 0 Å². The minimum Gasteiger partial charge on any atom is -0.173 e. The molecule has 1 saturated carbocycles. The van der Waals surface area contributed by atoms with Crippen molar-refractivity contribution in [2.24, 2.45) is 5.92 Å². The summed E-state index contributed by atoms with van der Waals surface area (Å²) in [4.78, 5) is 0. The summed E-state index contributed by atoms with van der Waals surface area (Å²) in [7, 11) is 0. The fourth-order valence-corrected chi connectivity index (χ4v) is 3.53. The number of benzene rings is 2. The molecule has 2 aromatic carbocycles. The lowest BCUT2D eigenvalue weighted by atomic mass is 9.65. The van der Waals surface area contributed by atoms with Crippen molar-refractivity contribution in [2.75, 3.05) is 0 Å². The molecule has 0 unspecified atom stereocenters. The average molecular weight is 312 g/mol. The summed E-state index contributed by atoms with van der Waals surface area (Å²) in [6.45, 7) is 2.02. The zero-order chi connectivity index (χ0) is 16.2. The highest BCUT2D eigenvalue weighted by atomic mass is 19.3. The Bertz CT molecular complexity index is 667. The number of rotatable bonds is 5. The highest BCUT2D eigenvalue weighted by molar-refractivity contribution is 5.38. The van der Waals surface area contributed by atoms with Crippen molar-refractivity contribution < 1.29 is 8.78 Å². The quantitative estimate of drug-likeness (QED) is 0.610. The second-order valence-corrected chi connectivity index (χ2v) is 6.49. The molecule has 2 heteroatoms. The van der Waals surface area contributed by atoms with Crippen LogP contribution in [-0.4, -0.2) is 0 Å². The predicted molar refractivity (Wildman–Crippen MR) is 90.6 cm³/mol. The first-order valence-corrected chi connectivity index (χ1v) is 8.30. The smallest absolute Gasteiger partial charge is 0.173 e. The van der Waals surface area contributed by atoms with Crippen LogP contribution in [0, 0.1) is 12.8 Å². The van der Waals surface area contributed by atoms with Crippen molar-refractivity contribution in [1.82, 2.24) is 0 Å². The van der Waals surface area contributed by atoms with Crippen molar-refractivity contribution in [3.05, 3.63) is 82.9 Å². The van der Waals surface area contributed by atoms with Crippen molar-refractivity contribution in [3.63, 3.8) is 0 Å². The molecule has 0 spiro atoms. The van der Waals surface area contributed by atoms with Crippen molar-refractivity contribution in [1.29, 1.82) is 0 Å². The Balaban J connectivity index is 1.60. The Kier molecular flexibility index (Phi) is 4.90. The van der Waals surface area contributed by atoms with E-state index in [0.717, 1.165) is 31.2 Å². The summed E-state index contributed by atoms with van der Waals surface area (Å²) in [6, 6.07) is 18.2. The zero-order valence-electron chi connectivity index (χ0n) is 13.4. The van der Waals surface area contributed by atoms with Crippen LogP contribution in [0.1, 0.15) is 41.9 Å². The average Bonchev–Trinajstić information content (AvgIpc) is 2.52. The van der Waals surface area contributed by atoms with E-state index in [2.05, 4.69) is 12.1 Å². The number of allylic oxidation sites excluding steroid dienone is 1. The molecule has 1 fully saturated rings. The van der Waals surface area contributed by atoms with E-state index in [1.165, 1.54) is 11.1 Å². The molecule has 0 aromatic heterocycles. The SMILES string of the molecule is Cc1ccc([C@@H]2C[C@H](CCCc3ccccc3)C2=C(F)F)cc1. The minimum absolute atomic E-state index is 0.0509. The Labute approximate surface area is 136 Å². The van der Waals surface area contributed by atoms with Gasteiger partial charge in [0.2, 0.25) is 0 Å². The summed E-state index contributed by atoms with van der Waals surface area (Å²) in [5.74, 6) is -0.0302. The number of hydrogen-bond acceptors (Lipinski definition) is 0. The lowest BCUT2D eigenvalue weighted by Crippen LogP contribution is -2.27. The van der Waals surface area contributed by atoms with Crippen LogP contribution in [0.3, 0.4) is 0 Å². The van der Waals surface area contributed by atoms with Crippen molar-refractivity contribution >= 4 is 0 Å². The van der Waals surface area contributed by atoms with E-state index in [9.17, 15) is 8.78 Å². The molecule has 1 aliphatic rings. The summed E-state index contributed by atoms with van der Waals surface area (Å²) in [6.07, 6.45) is 2.17. The summed E-state index contributed by atoms with van der Waals surface area (Å²) < 4.78 is 26.7. The maximum absolute atomic E-state index is 13.4. The monoisotopic (exact) mass is 312 g/mol. The third-order valence-corrected chi connectivity index (χ3v) is 4.89. The second kappa shape index (κ2) is 7.08. The molecule has 120 valence electrons. The van der Waals surface area contributed by atoms with Gasteiger partial charge in [-0.25, -0.2) is 0 Å². The van der Waals surface area contributed by atoms with Gasteiger partial charge in [0.15, 0.2) is 0 Å². The van der Waals surface area contributed by atoms with Crippen LogP contribution in [0.25, 0.3) is 0 Å². The Morgan fingerprint density at radius 2 is 1.70 bits per heavy atom. The van der Waals surface area contributed by atoms with Crippen LogP contribution in [0.4, 0.5) is 8.78 Å². The molecule has 2 aromatic rings. The van der Waals surface area contributed by atoms with Gasteiger partial charge in [-0.05, 0) is 49.7 Å². The molecule has 0 radical (unpaired) electrons. The molecule has 0 nitrogen and oxygen atoms in total. The number of halogens is 2. The molecule has 23 heavy (non-hydrogen) atoms. The normalized spacial score (nSPS) is 20.2. The Hall–Kier alpha value is -1.96. The van der Waals surface area contributed by atoms with Gasteiger partial charge in [0.1, 0.15) is 0 Å². The van der Waals surface area contributed by atoms with Crippen LogP contribution in [0.5, 0.6) is 0 Å². The number of aryl methyl sites for hydroxylation is 2. The van der Waals surface area contributed by atoms with Gasteiger partial charge in [-0.2, -0.15) is 8.78 Å². The lowest BCUT2D eigenvalue weighted by molar-refractivity contribution is 0.299. The topological polar surface area (TPSA) is 0 Å². The summed E-state index contributed by atoms with van der Waals surface area (Å²) >= 11 is 0. The molecule has 3 rings (SSSR count). The van der Waals surface area contributed by atoms with Gasteiger partial charge in [0, 0.05) is 11.5 Å². The molecular formula is C21H22F2. The maximum Gasteiger partial charge on any atom is 0.270 e. The standard InChI is InChI=1S/C21H22F2/c1-15-10-12-17(13-11-15)19-14-18(20(19)21(22)23)9-5-8-16-6-3-2-4-7-16/h2-4,6-7,10-13,18-19H,5,8-9,14H2,1H3/t18-,19-/m0/s1. The molecule has 0 N–H and O–H groups in total. The molecule has 0 saturated heterocycles. The van der Waals surface area contributed by atoms with Gasteiger partial charge < -0.3 is 0 Å². The molecule has 0 aliphatic heterocycles. The van der Waals surface area contributed by atoms with Gasteiger partial charge in [0.25, 0.3) is 6.08 Å². The van der Waals surface area contributed by atoms with E-state index in [1.54, 1.807) is 0 Å². The van der Waals surface area contributed by atoms with E-state index in [4.69, 9.17) is 0 Å². The van der Waals surface area contributed by atoms with E-state index in [0.29, 0.717) is 5.57 Å². The van der Waals surface area contributed by atoms with E-state index < -0.39 is 6.08 Å². The van der Waals surface area contributed by atoms with Gasteiger partial charge in [-0.1, -0.05) is 60.2 Å². The van der Waals surface area contributed by atoms with Crippen LogP contribution >= 0.6 is 0 Å². The van der Waals surface area contributed by atoms with E-state index in [-0.39, 0.29) is 11.8 Å². The third-order valence-electron chi connectivity index (χ3n) is 4.89. The van der Waals surface area contributed by atoms with Crippen molar-refractivity contribution in [2.45, 2.75) is 38.5 Å². The van der Waals surface area contributed by atoms with Crippen LogP contribution in [0.15, 0.2) is 66.3 Å². The fraction of sp³-hybridized carbons (Fsp3) is 0.333. The highest BCUT2D eigenvalue weighted by Crippen LogP contribution is 2.51. The highest BCUT2D eigenvalue weighted by Gasteiger charge is 2.39. The maximum atomic E-state index is 13.4. The lowest BCUT2D eigenvalue weighted by Gasteiger charge is -2.38. The largest absolute Gasteiger partial charge is 0.270 e. The predicted octanol–water partition coefficient (Wildman–Crippen LogP) is 6.27.